The zero-order chi connectivity index (χ0) is 19.9. The fourth-order valence-corrected chi connectivity index (χ4v) is 2.55. The van der Waals surface area contributed by atoms with Gasteiger partial charge in [0.05, 0.1) is 6.54 Å². The van der Waals surface area contributed by atoms with Crippen LogP contribution >= 0.6 is 11.6 Å². The fourth-order valence-electron chi connectivity index (χ4n) is 2.42. The molecule has 2 N–H and O–H groups in total. The molecule has 1 aromatic carbocycles. The molecule has 1 atom stereocenters. The summed E-state index contributed by atoms with van der Waals surface area (Å²) in [7, 11) is 0. The van der Waals surface area contributed by atoms with Gasteiger partial charge in [-0.3, -0.25) is 14.4 Å². The zero-order valence-electron chi connectivity index (χ0n) is 16.0. The second-order valence-electron chi connectivity index (χ2n) is 6.78. The van der Waals surface area contributed by atoms with Crippen LogP contribution in [0.15, 0.2) is 24.3 Å². The second kappa shape index (κ2) is 10.2. The van der Waals surface area contributed by atoms with E-state index in [9.17, 15) is 14.4 Å². The Balaban J connectivity index is 2.86. The Hall–Kier alpha value is -2.08. The van der Waals surface area contributed by atoms with Crippen molar-refractivity contribution < 1.29 is 14.4 Å². The Kier molecular flexibility index (Phi) is 8.58. The Morgan fingerprint density at radius 2 is 1.62 bits per heavy atom. The number of benzene rings is 1. The van der Waals surface area contributed by atoms with Gasteiger partial charge in [-0.1, -0.05) is 25.4 Å². The van der Waals surface area contributed by atoms with Gasteiger partial charge in [0, 0.05) is 23.2 Å². The lowest BCUT2D eigenvalue weighted by Gasteiger charge is -2.29. The van der Waals surface area contributed by atoms with Gasteiger partial charge in [-0.15, -0.1) is 0 Å². The summed E-state index contributed by atoms with van der Waals surface area (Å²) in [6.45, 7) is 9.58. The van der Waals surface area contributed by atoms with Gasteiger partial charge in [0.2, 0.25) is 11.8 Å². The number of nitrogens with zero attached hydrogens (tertiary/aromatic N) is 1. The van der Waals surface area contributed by atoms with E-state index < -0.39 is 6.04 Å². The monoisotopic (exact) mass is 381 g/mol. The summed E-state index contributed by atoms with van der Waals surface area (Å²) in [5, 5.41) is 6.08. The van der Waals surface area contributed by atoms with Crippen molar-refractivity contribution in [3.8, 4) is 0 Å². The lowest BCUT2D eigenvalue weighted by Crippen LogP contribution is -2.53. The van der Waals surface area contributed by atoms with Gasteiger partial charge in [-0.05, 0) is 51.0 Å². The van der Waals surface area contributed by atoms with E-state index in [0.717, 1.165) is 0 Å². The minimum atomic E-state index is -0.718. The van der Waals surface area contributed by atoms with Crippen LogP contribution in [-0.2, 0) is 9.59 Å². The summed E-state index contributed by atoms with van der Waals surface area (Å²) < 4.78 is 0. The minimum absolute atomic E-state index is 0.00168. The SMILES string of the molecule is CCN(CC(=O)NC(C)C)C(=O)C(NC(=O)c1ccc(Cl)cc1)C(C)C. The molecule has 26 heavy (non-hydrogen) atoms. The molecule has 0 saturated carbocycles. The van der Waals surface area contributed by atoms with Crippen molar-refractivity contribution in [3.63, 3.8) is 0 Å². The van der Waals surface area contributed by atoms with E-state index in [2.05, 4.69) is 10.6 Å². The van der Waals surface area contributed by atoms with Crippen molar-refractivity contribution >= 4 is 29.3 Å². The summed E-state index contributed by atoms with van der Waals surface area (Å²) in [6.07, 6.45) is 0. The first-order valence-electron chi connectivity index (χ1n) is 8.80. The number of carbonyl (C=O) groups is 3. The smallest absolute Gasteiger partial charge is 0.251 e. The molecule has 0 saturated heterocycles. The van der Waals surface area contributed by atoms with Crippen LogP contribution in [0.2, 0.25) is 5.02 Å². The normalized spacial score (nSPS) is 12.0. The molecule has 7 heteroatoms. The molecular formula is C19H28ClN3O3. The van der Waals surface area contributed by atoms with Crippen molar-refractivity contribution in [2.45, 2.75) is 46.7 Å². The summed E-state index contributed by atoms with van der Waals surface area (Å²) in [4.78, 5) is 38.8. The van der Waals surface area contributed by atoms with Gasteiger partial charge in [0.15, 0.2) is 0 Å². The van der Waals surface area contributed by atoms with E-state index in [-0.39, 0.29) is 36.2 Å². The minimum Gasteiger partial charge on any atom is -0.352 e. The Morgan fingerprint density at radius 1 is 1.04 bits per heavy atom. The van der Waals surface area contributed by atoms with Gasteiger partial charge in [0.25, 0.3) is 5.91 Å². The molecule has 0 fully saturated rings. The van der Waals surface area contributed by atoms with Crippen molar-refractivity contribution in [1.82, 2.24) is 15.5 Å². The van der Waals surface area contributed by atoms with Gasteiger partial charge in [0.1, 0.15) is 6.04 Å². The largest absolute Gasteiger partial charge is 0.352 e. The van der Waals surface area contributed by atoms with Gasteiger partial charge < -0.3 is 15.5 Å². The highest BCUT2D eigenvalue weighted by atomic mass is 35.5. The fraction of sp³-hybridized carbons (Fsp3) is 0.526. The quantitative estimate of drug-likeness (QED) is 0.726. The Morgan fingerprint density at radius 3 is 2.08 bits per heavy atom. The number of nitrogens with one attached hydrogen (secondary N) is 2. The average molecular weight is 382 g/mol. The Labute approximate surface area is 160 Å². The highest BCUT2D eigenvalue weighted by molar-refractivity contribution is 6.30. The number of carbonyl (C=O) groups excluding carboxylic acids is 3. The van der Waals surface area contributed by atoms with Crippen LogP contribution in [0.25, 0.3) is 0 Å². The average Bonchev–Trinajstić information content (AvgIpc) is 2.56. The molecule has 0 radical (unpaired) electrons. The third kappa shape index (κ3) is 6.67. The number of halogens is 1. The summed E-state index contributed by atoms with van der Waals surface area (Å²) in [5.74, 6) is -0.970. The first-order valence-corrected chi connectivity index (χ1v) is 9.18. The maximum absolute atomic E-state index is 12.9. The van der Waals surface area contributed by atoms with Crippen LogP contribution in [0, 0.1) is 5.92 Å². The highest BCUT2D eigenvalue weighted by Gasteiger charge is 2.29. The van der Waals surface area contributed by atoms with Gasteiger partial charge >= 0.3 is 0 Å². The maximum Gasteiger partial charge on any atom is 0.251 e. The molecule has 0 aliphatic rings. The maximum atomic E-state index is 12.9. The highest BCUT2D eigenvalue weighted by Crippen LogP contribution is 2.12. The van der Waals surface area contributed by atoms with Crippen molar-refractivity contribution in [2.75, 3.05) is 13.1 Å². The number of hydrogen-bond donors (Lipinski definition) is 2. The van der Waals surface area contributed by atoms with Crippen LogP contribution < -0.4 is 10.6 Å². The third-order valence-corrected chi connectivity index (χ3v) is 4.06. The molecule has 0 heterocycles. The van der Waals surface area contributed by atoms with Crippen molar-refractivity contribution in [1.29, 1.82) is 0 Å². The van der Waals surface area contributed by atoms with E-state index in [1.165, 1.54) is 4.90 Å². The molecule has 144 valence electrons. The Bertz CT molecular complexity index is 629. The standard InChI is InChI=1S/C19H28ClN3O3/c1-6-23(11-16(24)21-13(4)5)19(26)17(12(2)3)22-18(25)14-7-9-15(20)10-8-14/h7-10,12-13,17H,6,11H2,1-5H3,(H,21,24)(H,22,25). The molecule has 1 rings (SSSR count). The number of rotatable bonds is 8. The van der Waals surface area contributed by atoms with E-state index in [1.54, 1.807) is 31.2 Å². The van der Waals surface area contributed by atoms with Crippen molar-refractivity contribution in [3.05, 3.63) is 34.9 Å². The third-order valence-electron chi connectivity index (χ3n) is 3.80. The molecule has 0 bridgehead atoms. The lowest BCUT2D eigenvalue weighted by molar-refractivity contribution is -0.138. The van der Waals surface area contributed by atoms with Crippen LogP contribution in [-0.4, -0.2) is 47.8 Å². The predicted molar refractivity (Wildman–Crippen MR) is 103 cm³/mol. The first kappa shape index (κ1) is 22.0. The molecule has 6 nitrogen and oxygen atoms in total. The summed E-state index contributed by atoms with van der Waals surface area (Å²) >= 11 is 5.84. The topological polar surface area (TPSA) is 78.5 Å². The van der Waals surface area contributed by atoms with E-state index in [0.29, 0.717) is 17.1 Å². The number of hydrogen-bond acceptors (Lipinski definition) is 3. The molecule has 0 spiro atoms. The lowest BCUT2D eigenvalue weighted by atomic mass is 10.0. The number of amides is 3. The van der Waals surface area contributed by atoms with Gasteiger partial charge in [-0.2, -0.15) is 0 Å². The van der Waals surface area contributed by atoms with E-state index >= 15 is 0 Å². The zero-order valence-corrected chi connectivity index (χ0v) is 16.8. The van der Waals surface area contributed by atoms with E-state index in [4.69, 9.17) is 11.6 Å². The first-order chi connectivity index (χ1) is 12.1. The van der Waals surface area contributed by atoms with Gasteiger partial charge in [-0.25, -0.2) is 0 Å². The molecule has 1 unspecified atom stereocenters. The summed E-state index contributed by atoms with van der Waals surface area (Å²) in [6, 6.07) is 5.74. The molecule has 0 aliphatic heterocycles. The molecular weight excluding hydrogens is 354 g/mol. The van der Waals surface area contributed by atoms with Crippen LogP contribution in [0.1, 0.15) is 45.0 Å². The molecule has 0 aliphatic carbocycles. The predicted octanol–water partition coefficient (Wildman–Crippen LogP) is 2.47. The second-order valence-corrected chi connectivity index (χ2v) is 7.21. The van der Waals surface area contributed by atoms with Crippen LogP contribution in [0.3, 0.4) is 0 Å². The molecule has 0 aromatic heterocycles. The van der Waals surface area contributed by atoms with E-state index in [1.807, 2.05) is 27.7 Å². The summed E-state index contributed by atoms with van der Waals surface area (Å²) in [5.41, 5.74) is 0.424. The number of likely N-dealkylation sites (N-methyl/N-ethyl adjacent to an activating group) is 1. The van der Waals surface area contributed by atoms with Crippen molar-refractivity contribution in [2.24, 2.45) is 5.92 Å². The van der Waals surface area contributed by atoms with Crippen LogP contribution in [0.5, 0.6) is 0 Å². The molecule has 3 amide bonds. The molecule has 1 aromatic rings. The van der Waals surface area contributed by atoms with Crippen LogP contribution in [0.4, 0.5) is 0 Å².